The highest BCUT2D eigenvalue weighted by Crippen LogP contribution is 2.07. The van der Waals surface area contributed by atoms with Gasteiger partial charge in [0.05, 0.1) is 6.61 Å². The number of hydrogen-bond donors (Lipinski definition) is 1. The van der Waals surface area contributed by atoms with Gasteiger partial charge in [-0.15, -0.1) is 0 Å². The lowest BCUT2D eigenvalue weighted by molar-refractivity contribution is 0.341. The van der Waals surface area contributed by atoms with Gasteiger partial charge in [-0.2, -0.15) is 0 Å². The Morgan fingerprint density at radius 1 is 1.17 bits per heavy atom. The van der Waals surface area contributed by atoms with E-state index in [1.807, 2.05) is 6.08 Å². The maximum absolute atomic E-state index is 8.60. The van der Waals surface area contributed by atoms with Gasteiger partial charge in [-0.05, 0) is 33.1 Å². The lowest BCUT2D eigenvalue weighted by atomic mass is 10.1. The summed E-state index contributed by atoms with van der Waals surface area (Å²) in [5.41, 5.74) is 2.73. The molecule has 1 nitrogen and oxygen atoms in total. The minimum Gasteiger partial charge on any atom is -0.392 e. The molecular formula is C11H20O. The van der Waals surface area contributed by atoms with E-state index in [2.05, 4.69) is 26.8 Å². The monoisotopic (exact) mass is 168 g/mol. The van der Waals surface area contributed by atoms with Crippen LogP contribution in [0.15, 0.2) is 23.3 Å². The van der Waals surface area contributed by atoms with Crippen molar-refractivity contribution in [2.45, 2.75) is 40.0 Å². The topological polar surface area (TPSA) is 20.2 Å². The molecule has 0 spiro atoms. The van der Waals surface area contributed by atoms with Gasteiger partial charge in [-0.25, -0.2) is 0 Å². The van der Waals surface area contributed by atoms with Crippen molar-refractivity contribution >= 4 is 0 Å². The van der Waals surface area contributed by atoms with E-state index in [0.29, 0.717) is 0 Å². The van der Waals surface area contributed by atoms with Gasteiger partial charge in [0.1, 0.15) is 0 Å². The fourth-order valence-electron chi connectivity index (χ4n) is 0.948. The zero-order valence-corrected chi connectivity index (χ0v) is 8.43. The number of aliphatic hydroxyl groups excluding tert-OH is 1. The summed E-state index contributed by atoms with van der Waals surface area (Å²) in [5.74, 6) is 0. The van der Waals surface area contributed by atoms with E-state index in [1.165, 1.54) is 11.1 Å². The Balaban J connectivity index is 3.62. The molecule has 0 bridgehead atoms. The van der Waals surface area contributed by atoms with Crippen LogP contribution in [-0.4, -0.2) is 11.7 Å². The largest absolute Gasteiger partial charge is 0.392 e. The van der Waals surface area contributed by atoms with Crippen LogP contribution in [0.3, 0.4) is 0 Å². The van der Waals surface area contributed by atoms with Gasteiger partial charge >= 0.3 is 0 Å². The first-order chi connectivity index (χ1) is 5.70. The lowest BCUT2D eigenvalue weighted by Crippen LogP contribution is -1.81. The van der Waals surface area contributed by atoms with Gasteiger partial charge in [-0.1, -0.05) is 30.2 Å². The average Bonchev–Trinajstić information content (AvgIpc) is 2.04. The zero-order valence-electron chi connectivity index (χ0n) is 8.43. The molecule has 0 aromatic rings. The number of hydrogen-bond acceptors (Lipinski definition) is 1. The molecule has 1 heteroatoms. The van der Waals surface area contributed by atoms with Crippen molar-refractivity contribution in [3.05, 3.63) is 23.3 Å². The third kappa shape index (κ3) is 6.17. The van der Waals surface area contributed by atoms with Gasteiger partial charge in [-0.3, -0.25) is 0 Å². The smallest absolute Gasteiger partial charge is 0.0614 e. The molecule has 0 radical (unpaired) electrons. The minimum absolute atomic E-state index is 0.169. The van der Waals surface area contributed by atoms with Crippen molar-refractivity contribution in [2.75, 3.05) is 6.61 Å². The Hall–Kier alpha value is -0.560. The predicted molar refractivity (Wildman–Crippen MR) is 54.1 cm³/mol. The molecule has 0 aliphatic rings. The van der Waals surface area contributed by atoms with Crippen LogP contribution in [0.2, 0.25) is 0 Å². The molecule has 0 aromatic heterocycles. The van der Waals surface area contributed by atoms with Crippen molar-refractivity contribution in [2.24, 2.45) is 0 Å². The zero-order chi connectivity index (χ0) is 9.40. The van der Waals surface area contributed by atoms with Crippen molar-refractivity contribution < 1.29 is 5.11 Å². The van der Waals surface area contributed by atoms with Crippen LogP contribution in [0.5, 0.6) is 0 Å². The molecular weight excluding hydrogens is 148 g/mol. The minimum atomic E-state index is 0.169. The van der Waals surface area contributed by atoms with E-state index in [4.69, 9.17) is 5.11 Å². The second-order valence-electron chi connectivity index (χ2n) is 3.18. The van der Waals surface area contributed by atoms with E-state index >= 15 is 0 Å². The average molecular weight is 168 g/mol. The van der Waals surface area contributed by atoms with Crippen LogP contribution in [0.1, 0.15) is 40.0 Å². The van der Waals surface area contributed by atoms with Crippen molar-refractivity contribution in [3.63, 3.8) is 0 Å². The standard InChI is InChI=1S/C11H20O/c1-4-10(2)6-5-7-11(3)8-9-12/h6,8,12H,4-5,7,9H2,1-3H3/b10-6-,11-8+. The normalized spacial score (nSPS) is 13.7. The first kappa shape index (κ1) is 11.4. The van der Waals surface area contributed by atoms with Crippen LogP contribution < -0.4 is 0 Å². The van der Waals surface area contributed by atoms with E-state index in [0.717, 1.165) is 19.3 Å². The van der Waals surface area contributed by atoms with E-state index in [9.17, 15) is 0 Å². The highest BCUT2D eigenvalue weighted by molar-refractivity contribution is 5.03. The Labute approximate surface area is 75.8 Å². The maximum atomic E-state index is 8.60. The van der Waals surface area contributed by atoms with Crippen LogP contribution in [0.4, 0.5) is 0 Å². The van der Waals surface area contributed by atoms with E-state index < -0.39 is 0 Å². The molecule has 0 heterocycles. The van der Waals surface area contributed by atoms with Crippen LogP contribution in [-0.2, 0) is 0 Å². The van der Waals surface area contributed by atoms with Crippen LogP contribution >= 0.6 is 0 Å². The van der Waals surface area contributed by atoms with Crippen molar-refractivity contribution in [3.8, 4) is 0 Å². The summed E-state index contributed by atoms with van der Waals surface area (Å²) >= 11 is 0. The summed E-state index contributed by atoms with van der Waals surface area (Å²) in [6, 6.07) is 0. The molecule has 0 unspecified atom stereocenters. The molecule has 70 valence electrons. The summed E-state index contributed by atoms with van der Waals surface area (Å²) < 4.78 is 0. The molecule has 0 fully saturated rings. The summed E-state index contributed by atoms with van der Waals surface area (Å²) in [6.07, 6.45) is 7.45. The first-order valence-corrected chi connectivity index (χ1v) is 4.62. The van der Waals surface area contributed by atoms with Gasteiger partial charge in [0.2, 0.25) is 0 Å². The summed E-state index contributed by atoms with van der Waals surface area (Å²) in [5, 5.41) is 8.60. The Bertz CT molecular complexity index is 166. The van der Waals surface area contributed by atoms with Crippen LogP contribution in [0.25, 0.3) is 0 Å². The highest BCUT2D eigenvalue weighted by atomic mass is 16.2. The van der Waals surface area contributed by atoms with E-state index in [1.54, 1.807) is 0 Å². The number of rotatable bonds is 5. The van der Waals surface area contributed by atoms with Crippen molar-refractivity contribution in [1.29, 1.82) is 0 Å². The molecule has 0 amide bonds. The summed E-state index contributed by atoms with van der Waals surface area (Å²) in [7, 11) is 0. The fourth-order valence-corrected chi connectivity index (χ4v) is 0.948. The van der Waals surface area contributed by atoms with Gasteiger partial charge in [0.15, 0.2) is 0 Å². The molecule has 0 atom stereocenters. The molecule has 12 heavy (non-hydrogen) atoms. The Kier molecular flexibility index (Phi) is 6.78. The van der Waals surface area contributed by atoms with Crippen LogP contribution in [0, 0.1) is 0 Å². The molecule has 0 aromatic carbocycles. The van der Waals surface area contributed by atoms with E-state index in [-0.39, 0.29) is 6.61 Å². The predicted octanol–water partition coefficient (Wildman–Crippen LogP) is 3.06. The van der Waals surface area contributed by atoms with Crippen molar-refractivity contribution in [1.82, 2.24) is 0 Å². The SMILES string of the molecule is CC/C(C)=C\CC/C(C)=C/CO. The first-order valence-electron chi connectivity index (χ1n) is 4.62. The number of allylic oxidation sites excluding steroid dienone is 3. The molecule has 0 aliphatic heterocycles. The van der Waals surface area contributed by atoms with Gasteiger partial charge in [0.25, 0.3) is 0 Å². The molecule has 0 aliphatic carbocycles. The number of aliphatic hydroxyl groups is 1. The second-order valence-corrected chi connectivity index (χ2v) is 3.18. The molecule has 0 rings (SSSR count). The Morgan fingerprint density at radius 3 is 2.33 bits per heavy atom. The van der Waals surface area contributed by atoms with Gasteiger partial charge < -0.3 is 5.11 Å². The maximum Gasteiger partial charge on any atom is 0.0614 e. The molecule has 0 saturated carbocycles. The summed E-state index contributed by atoms with van der Waals surface area (Å²) in [4.78, 5) is 0. The molecule has 1 N–H and O–H groups in total. The summed E-state index contributed by atoms with van der Waals surface area (Å²) in [6.45, 7) is 6.56. The lowest BCUT2D eigenvalue weighted by Gasteiger charge is -1.98. The third-order valence-electron chi connectivity index (χ3n) is 2.03. The van der Waals surface area contributed by atoms with Gasteiger partial charge in [0, 0.05) is 0 Å². The quantitative estimate of drug-likeness (QED) is 0.625. The Morgan fingerprint density at radius 2 is 1.83 bits per heavy atom. The molecule has 0 saturated heterocycles. The second kappa shape index (κ2) is 7.11. The highest BCUT2D eigenvalue weighted by Gasteiger charge is 1.88. The fraction of sp³-hybridized carbons (Fsp3) is 0.636. The third-order valence-corrected chi connectivity index (χ3v) is 2.03.